The number of rotatable bonds is 6. The van der Waals surface area contributed by atoms with Crippen LogP contribution in [-0.2, 0) is 16.1 Å². The predicted octanol–water partition coefficient (Wildman–Crippen LogP) is 1.97. The highest BCUT2D eigenvalue weighted by molar-refractivity contribution is 5.88. The van der Waals surface area contributed by atoms with Crippen molar-refractivity contribution in [2.75, 3.05) is 6.61 Å². The number of nitrogens with one attached hydrogen (secondary N) is 1. The first-order valence-corrected chi connectivity index (χ1v) is 6.53. The van der Waals surface area contributed by atoms with Gasteiger partial charge >= 0.3 is 5.97 Å². The van der Waals surface area contributed by atoms with Crippen LogP contribution in [0.4, 0.5) is 0 Å². The van der Waals surface area contributed by atoms with E-state index in [0.29, 0.717) is 12.3 Å². The largest absolute Gasteiger partial charge is 0.461 e. The van der Waals surface area contributed by atoms with Crippen LogP contribution < -0.4 is 5.32 Å². The maximum Gasteiger partial charge on any atom is 0.354 e. The fraction of sp³-hybridized carbons (Fsp3) is 0.571. The van der Waals surface area contributed by atoms with Crippen LogP contribution in [-0.4, -0.2) is 28.6 Å². The molecule has 1 N–H and O–H groups in total. The molecular formula is C14H22N2O3. The molecule has 0 unspecified atom stereocenters. The summed E-state index contributed by atoms with van der Waals surface area (Å²) in [6.07, 6.45) is 2.54. The summed E-state index contributed by atoms with van der Waals surface area (Å²) in [5.74, 6) is -0.524. The maximum atomic E-state index is 11.9. The fourth-order valence-electron chi connectivity index (χ4n) is 1.60. The van der Waals surface area contributed by atoms with Gasteiger partial charge < -0.3 is 14.6 Å². The molecule has 106 valence electrons. The van der Waals surface area contributed by atoms with E-state index in [9.17, 15) is 9.59 Å². The molecule has 19 heavy (non-hydrogen) atoms. The molecular weight excluding hydrogens is 244 g/mol. The van der Waals surface area contributed by atoms with Crippen molar-refractivity contribution in [2.45, 2.75) is 46.2 Å². The Hall–Kier alpha value is -1.78. The third-order valence-corrected chi connectivity index (χ3v) is 2.99. The molecule has 0 fully saturated rings. The van der Waals surface area contributed by atoms with Gasteiger partial charge in [-0.1, -0.05) is 6.92 Å². The lowest BCUT2D eigenvalue weighted by molar-refractivity contribution is -0.123. The van der Waals surface area contributed by atoms with Crippen molar-refractivity contribution >= 4 is 11.9 Å². The summed E-state index contributed by atoms with van der Waals surface area (Å²) < 4.78 is 6.54. The third-order valence-electron chi connectivity index (χ3n) is 2.99. The summed E-state index contributed by atoms with van der Waals surface area (Å²) in [5, 5.41) is 2.93. The van der Waals surface area contributed by atoms with E-state index in [1.807, 2.05) is 20.8 Å². The van der Waals surface area contributed by atoms with Crippen LogP contribution in [0.1, 0.15) is 44.6 Å². The predicted molar refractivity (Wildman–Crippen MR) is 72.9 cm³/mol. The number of nitrogens with zero attached hydrogens (tertiary/aromatic N) is 1. The Morgan fingerprint density at radius 3 is 2.63 bits per heavy atom. The van der Waals surface area contributed by atoms with Gasteiger partial charge in [0.25, 0.3) is 0 Å². The highest BCUT2D eigenvalue weighted by atomic mass is 16.5. The normalized spacial score (nSPS) is 11.2. The second-order valence-corrected chi connectivity index (χ2v) is 5.03. The molecule has 0 aliphatic rings. The van der Waals surface area contributed by atoms with Crippen LogP contribution >= 0.6 is 0 Å². The molecule has 0 bridgehead atoms. The molecule has 1 heterocycles. The molecule has 1 aromatic rings. The van der Waals surface area contributed by atoms with Crippen molar-refractivity contribution in [3.8, 4) is 0 Å². The van der Waals surface area contributed by atoms with Crippen LogP contribution in [0.25, 0.3) is 0 Å². The van der Waals surface area contributed by atoms with Gasteiger partial charge in [0, 0.05) is 11.7 Å². The molecule has 0 aliphatic carbocycles. The number of ether oxygens (including phenoxy) is 1. The number of esters is 1. The van der Waals surface area contributed by atoms with Crippen molar-refractivity contribution in [1.82, 2.24) is 9.88 Å². The van der Waals surface area contributed by atoms with Gasteiger partial charge in [-0.05, 0) is 39.3 Å². The Bertz CT molecular complexity index is 449. The molecule has 0 saturated carbocycles. The van der Waals surface area contributed by atoms with E-state index in [1.54, 1.807) is 29.8 Å². The van der Waals surface area contributed by atoms with Crippen molar-refractivity contribution in [1.29, 1.82) is 0 Å². The Balaban J connectivity index is 2.70. The second-order valence-electron chi connectivity index (χ2n) is 5.03. The average molecular weight is 266 g/mol. The molecule has 1 aromatic heterocycles. The first kappa shape index (κ1) is 15.3. The molecule has 0 atom stereocenters. The van der Waals surface area contributed by atoms with Gasteiger partial charge in [-0.2, -0.15) is 0 Å². The van der Waals surface area contributed by atoms with Gasteiger partial charge in [-0.25, -0.2) is 4.79 Å². The van der Waals surface area contributed by atoms with E-state index in [0.717, 1.165) is 6.42 Å². The molecule has 1 amide bonds. The minimum atomic E-state index is -0.407. The van der Waals surface area contributed by atoms with E-state index in [2.05, 4.69) is 5.32 Å². The number of aromatic nitrogens is 1. The molecule has 5 heteroatoms. The quantitative estimate of drug-likeness (QED) is 0.801. The highest BCUT2D eigenvalue weighted by Gasteiger charge is 2.19. The lowest BCUT2D eigenvalue weighted by atomic mass is 10.0. The zero-order valence-corrected chi connectivity index (χ0v) is 12.0. The zero-order chi connectivity index (χ0) is 14.5. The minimum Gasteiger partial charge on any atom is -0.461 e. The van der Waals surface area contributed by atoms with E-state index in [4.69, 9.17) is 4.74 Å². The van der Waals surface area contributed by atoms with E-state index in [1.165, 1.54) is 0 Å². The van der Waals surface area contributed by atoms with Gasteiger partial charge in [0.1, 0.15) is 12.2 Å². The first-order valence-electron chi connectivity index (χ1n) is 6.53. The van der Waals surface area contributed by atoms with Crippen LogP contribution in [0.2, 0.25) is 0 Å². The maximum absolute atomic E-state index is 11.9. The lowest BCUT2D eigenvalue weighted by Crippen LogP contribution is -2.44. The van der Waals surface area contributed by atoms with Crippen molar-refractivity contribution < 1.29 is 14.3 Å². The third kappa shape index (κ3) is 4.43. The van der Waals surface area contributed by atoms with Gasteiger partial charge in [0.2, 0.25) is 5.91 Å². The molecule has 0 spiro atoms. The summed E-state index contributed by atoms with van der Waals surface area (Å²) in [7, 11) is 0. The van der Waals surface area contributed by atoms with E-state index < -0.39 is 5.97 Å². The standard InChI is InChI=1S/C14H22N2O3/c1-5-14(3,4)15-12(17)10-16-9-7-8-11(16)13(18)19-6-2/h7-9H,5-6,10H2,1-4H3,(H,15,17). The summed E-state index contributed by atoms with van der Waals surface area (Å²) in [5.41, 5.74) is 0.153. The molecule has 0 saturated heterocycles. The van der Waals surface area contributed by atoms with Crippen LogP contribution in [0.15, 0.2) is 18.3 Å². The average Bonchev–Trinajstić information content (AvgIpc) is 2.76. The summed E-state index contributed by atoms with van der Waals surface area (Å²) in [4.78, 5) is 23.6. The Labute approximate surface area is 113 Å². The van der Waals surface area contributed by atoms with E-state index >= 15 is 0 Å². The number of hydrogen-bond acceptors (Lipinski definition) is 3. The number of amides is 1. The van der Waals surface area contributed by atoms with Gasteiger partial charge in [-0.15, -0.1) is 0 Å². The molecule has 0 aliphatic heterocycles. The topological polar surface area (TPSA) is 60.3 Å². The minimum absolute atomic E-state index is 0.116. The van der Waals surface area contributed by atoms with Crippen LogP contribution in [0.5, 0.6) is 0 Å². The molecule has 0 radical (unpaired) electrons. The summed E-state index contributed by atoms with van der Waals surface area (Å²) in [6, 6.07) is 3.38. The van der Waals surface area contributed by atoms with Gasteiger partial charge in [0.05, 0.1) is 6.61 Å². The molecule has 0 aromatic carbocycles. The highest BCUT2D eigenvalue weighted by Crippen LogP contribution is 2.08. The fourth-order valence-corrected chi connectivity index (χ4v) is 1.60. The number of carbonyl (C=O) groups excluding carboxylic acids is 2. The van der Waals surface area contributed by atoms with Crippen LogP contribution in [0, 0.1) is 0 Å². The first-order chi connectivity index (χ1) is 8.89. The van der Waals surface area contributed by atoms with E-state index in [-0.39, 0.29) is 18.0 Å². The van der Waals surface area contributed by atoms with Gasteiger partial charge in [-0.3, -0.25) is 4.79 Å². The number of hydrogen-bond donors (Lipinski definition) is 1. The van der Waals surface area contributed by atoms with Crippen molar-refractivity contribution in [3.05, 3.63) is 24.0 Å². The smallest absolute Gasteiger partial charge is 0.354 e. The Kier molecular flexibility index (Phi) is 5.15. The Morgan fingerprint density at radius 2 is 2.05 bits per heavy atom. The molecule has 1 rings (SSSR count). The van der Waals surface area contributed by atoms with Crippen LogP contribution in [0.3, 0.4) is 0 Å². The summed E-state index contributed by atoms with van der Waals surface area (Å²) in [6.45, 7) is 8.13. The molecule has 5 nitrogen and oxygen atoms in total. The number of carbonyl (C=O) groups is 2. The summed E-state index contributed by atoms with van der Waals surface area (Å²) >= 11 is 0. The Morgan fingerprint density at radius 1 is 1.37 bits per heavy atom. The van der Waals surface area contributed by atoms with Crippen molar-refractivity contribution in [3.63, 3.8) is 0 Å². The monoisotopic (exact) mass is 266 g/mol. The zero-order valence-electron chi connectivity index (χ0n) is 12.0. The second kappa shape index (κ2) is 6.41. The van der Waals surface area contributed by atoms with Crippen molar-refractivity contribution in [2.24, 2.45) is 0 Å². The lowest BCUT2D eigenvalue weighted by Gasteiger charge is -2.24. The SMILES string of the molecule is CCOC(=O)c1cccn1CC(=O)NC(C)(C)CC. The van der Waals surface area contributed by atoms with Gasteiger partial charge in [0.15, 0.2) is 0 Å².